The van der Waals surface area contributed by atoms with Crippen molar-refractivity contribution < 1.29 is 4.74 Å². The number of aromatic nitrogens is 2. The molecule has 160 valence electrons. The van der Waals surface area contributed by atoms with Gasteiger partial charge in [-0.15, -0.1) is 0 Å². The van der Waals surface area contributed by atoms with Gasteiger partial charge in [-0.3, -0.25) is 9.36 Å². The summed E-state index contributed by atoms with van der Waals surface area (Å²) in [5, 5.41) is 0. The number of hydrogen-bond acceptors (Lipinski definition) is 5. The zero-order valence-corrected chi connectivity index (χ0v) is 17.7. The summed E-state index contributed by atoms with van der Waals surface area (Å²) < 4.78 is 8.71. The summed E-state index contributed by atoms with van der Waals surface area (Å²) in [7, 11) is 0. The van der Waals surface area contributed by atoms with Crippen molar-refractivity contribution in [2.24, 2.45) is 0 Å². The van der Waals surface area contributed by atoms with E-state index in [-0.39, 0.29) is 11.2 Å². The Labute approximate surface area is 172 Å². The lowest BCUT2D eigenvalue weighted by Crippen LogP contribution is -2.40. The minimum atomic E-state index is -0.222. The number of unbranched alkanes of at least 4 members (excludes halogenated alkanes) is 5. The Morgan fingerprint density at radius 3 is 2.41 bits per heavy atom. The highest BCUT2D eigenvalue weighted by Crippen LogP contribution is 2.23. The Morgan fingerprint density at radius 1 is 0.966 bits per heavy atom. The van der Waals surface area contributed by atoms with Gasteiger partial charge in [-0.25, -0.2) is 4.79 Å². The third-order valence-electron chi connectivity index (χ3n) is 4.98. The molecule has 1 aromatic heterocycles. The highest BCUT2D eigenvalue weighted by Gasteiger charge is 2.09. The molecular weight excluding hydrogens is 368 g/mol. The summed E-state index contributed by atoms with van der Waals surface area (Å²) in [4.78, 5) is 25.0. The molecule has 0 fully saturated rings. The molecule has 4 N–H and O–H groups in total. The standard InChI is InChI=1S/C22H34N4O3/c1-3-4-5-6-7-13-26-21(27)17(2)16-25(22(26)28)12-8-9-14-29-20-11-10-18(23)15-19(20)24/h10-11,15-16H,3-9,12-14,23-24H2,1-2H3. The minimum Gasteiger partial charge on any atom is -0.491 e. The first kappa shape index (κ1) is 22.6. The number of aryl methyl sites for hydroxylation is 2. The summed E-state index contributed by atoms with van der Waals surface area (Å²) in [5.41, 5.74) is 12.9. The highest BCUT2D eigenvalue weighted by atomic mass is 16.5. The zero-order valence-electron chi connectivity index (χ0n) is 17.7. The van der Waals surface area contributed by atoms with Crippen LogP contribution in [0.25, 0.3) is 0 Å². The summed E-state index contributed by atoms with van der Waals surface area (Å²) >= 11 is 0. The number of hydrogen-bond donors (Lipinski definition) is 2. The number of ether oxygens (including phenoxy) is 1. The third-order valence-corrected chi connectivity index (χ3v) is 4.98. The van der Waals surface area contributed by atoms with E-state index in [1.807, 2.05) is 0 Å². The third kappa shape index (κ3) is 6.69. The molecule has 0 unspecified atom stereocenters. The van der Waals surface area contributed by atoms with Crippen LogP contribution in [0.2, 0.25) is 0 Å². The van der Waals surface area contributed by atoms with Crippen LogP contribution in [-0.4, -0.2) is 15.7 Å². The smallest absolute Gasteiger partial charge is 0.330 e. The largest absolute Gasteiger partial charge is 0.491 e. The monoisotopic (exact) mass is 402 g/mol. The number of nitrogens with zero attached hydrogens (tertiary/aromatic N) is 2. The molecule has 1 heterocycles. The quantitative estimate of drug-likeness (QED) is 0.418. The predicted molar refractivity (Wildman–Crippen MR) is 118 cm³/mol. The zero-order chi connectivity index (χ0) is 21.2. The van der Waals surface area contributed by atoms with Gasteiger partial charge in [0.15, 0.2) is 0 Å². The van der Waals surface area contributed by atoms with Crippen LogP contribution in [0.5, 0.6) is 5.75 Å². The minimum absolute atomic E-state index is 0.177. The average Bonchev–Trinajstić information content (AvgIpc) is 2.69. The highest BCUT2D eigenvalue weighted by molar-refractivity contribution is 5.60. The molecule has 0 saturated carbocycles. The maximum absolute atomic E-state index is 12.7. The van der Waals surface area contributed by atoms with Crippen LogP contribution in [0, 0.1) is 6.92 Å². The van der Waals surface area contributed by atoms with Crippen molar-refractivity contribution in [2.45, 2.75) is 71.9 Å². The van der Waals surface area contributed by atoms with Gasteiger partial charge in [-0.1, -0.05) is 32.6 Å². The number of rotatable bonds is 12. The summed E-state index contributed by atoms with van der Waals surface area (Å²) in [6, 6.07) is 5.18. The molecular formula is C22H34N4O3. The molecule has 2 aromatic rings. The van der Waals surface area contributed by atoms with Crippen molar-refractivity contribution in [3.05, 3.63) is 50.8 Å². The van der Waals surface area contributed by atoms with E-state index in [9.17, 15) is 9.59 Å². The van der Waals surface area contributed by atoms with Gasteiger partial charge in [-0.2, -0.15) is 0 Å². The molecule has 0 spiro atoms. The second-order valence-electron chi connectivity index (χ2n) is 7.51. The Balaban J connectivity index is 1.88. The van der Waals surface area contributed by atoms with Crippen molar-refractivity contribution in [1.29, 1.82) is 0 Å². The Bertz CT molecular complexity index is 902. The first-order valence-corrected chi connectivity index (χ1v) is 10.5. The van der Waals surface area contributed by atoms with E-state index >= 15 is 0 Å². The van der Waals surface area contributed by atoms with E-state index in [0.717, 1.165) is 32.1 Å². The molecule has 0 bridgehead atoms. The Hall–Kier alpha value is -2.70. The summed E-state index contributed by atoms with van der Waals surface area (Å²) in [6.07, 6.45) is 8.60. The van der Waals surface area contributed by atoms with E-state index in [1.54, 1.807) is 35.9 Å². The maximum atomic E-state index is 12.7. The van der Waals surface area contributed by atoms with Crippen LogP contribution in [0.1, 0.15) is 57.4 Å². The summed E-state index contributed by atoms with van der Waals surface area (Å²) in [5.74, 6) is 0.615. The van der Waals surface area contributed by atoms with Gasteiger partial charge in [-0.05, 0) is 44.4 Å². The molecule has 0 aliphatic carbocycles. The normalized spacial score (nSPS) is 11.0. The lowest BCUT2D eigenvalue weighted by Gasteiger charge is -2.12. The lowest BCUT2D eigenvalue weighted by molar-refractivity contribution is 0.303. The molecule has 0 amide bonds. The van der Waals surface area contributed by atoms with Crippen LogP contribution in [0.15, 0.2) is 34.0 Å². The van der Waals surface area contributed by atoms with Crippen LogP contribution in [0.4, 0.5) is 11.4 Å². The molecule has 1 aromatic carbocycles. The van der Waals surface area contributed by atoms with Gasteiger partial charge in [0.2, 0.25) is 0 Å². The van der Waals surface area contributed by atoms with Crippen molar-refractivity contribution >= 4 is 11.4 Å². The van der Waals surface area contributed by atoms with Crippen LogP contribution < -0.4 is 27.5 Å². The second-order valence-corrected chi connectivity index (χ2v) is 7.51. The molecule has 0 radical (unpaired) electrons. The molecule has 0 aliphatic rings. The van der Waals surface area contributed by atoms with Gasteiger partial charge >= 0.3 is 5.69 Å². The van der Waals surface area contributed by atoms with Gasteiger partial charge in [0.05, 0.1) is 12.3 Å². The fourth-order valence-electron chi connectivity index (χ4n) is 3.29. The molecule has 29 heavy (non-hydrogen) atoms. The average molecular weight is 403 g/mol. The Morgan fingerprint density at radius 2 is 1.69 bits per heavy atom. The van der Waals surface area contributed by atoms with Crippen molar-refractivity contribution in [3.63, 3.8) is 0 Å². The van der Waals surface area contributed by atoms with Crippen LogP contribution in [-0.2, 0) is 13.1 Å². The fourth-order valence-corrected chi connectivity index (χ4v) is 3.29. The molecule has 7 heteroatoms. The van der Waals surface area contributed by atoms with E-state index < -0.39 is 0 Å². The first-order chi connectivity index (χ1) is 13.9. The number of anilines is 2. The van der Waals surface area contributed by atoms with E-state index in [2.05, 4.69) is 6.92 Å². The SMILES string of the molecule is CCCCCCCn1c(=O)c(C)cn(CCCCOc2ccc(N)cc2N)c1=O. The van der Waals surface area contributed by atoms with E-state index in [4.69, 9.17) is 16.2 Å². The molecule has 0 atom stereocenters. The number of benzene rings is 1. The molecule has 0 aliphatic heterocycles. The van der Waals surface area contributed by atoms with Crippen LogP contribution >= 0.6 is 0 Å². The van der Waals surface area contributed by atoms with Crippen molar-refractivity contribution in [3.8, 4) is 5.75 Å². The topological polar surface area (TPSA) is 105 Å². The van der Waals surface area contributed by atoms with E-state index in [1.165, 1.54) is 17.4 Å². The number of nitrogens with two attached hydrogens (primary N) is 2. The molecule has 2 rings (SSSR count). The predicted octanol–water partition coefficient (Wildman–Crippen LogP) is 3.31. The lowest BCUT2D eigenvalue weighted by atomic mass is 10.1. The van der Waals surface area contributed by atoms with Gasteiger partial charge in [0.1, 0.15) is 5.75 Å². The van der Waals surface area contributed by atoms with Gasteiger partial charge < -0.3 is 20.8 Å². The van der Waals surface area contributed by atoms with Gasteiger partial charge in [0.25, 0.3) is 5.56 Å². The second kappa shape index (κ2) is 11.3. The Kier molecular flexibility index (Phi) is 8.83. The summed E-state index contributed by atoms with van der Waals surface area (Å²) in [6.45, 7) is 5.47. The van der Waals surface area contributed by atoms with Crippen LogP contribution in [0.3, 0.4) is 0 Å². The fraction of sp³-hybridized carbons (Fsp3) is 0.545. The molecule has 7 nitrogen and oxygen atoms in total. The van der Waals surface area contributed by atoms with Crippen molar-refractivity contribution in [1.82, 2.24) is 9.13 Å². The van der Waals surface area contributed by atoms with E-state index in [0.29, 0.717) is 42.4 Å². The first-order valence-electron chi connectivity index (χ1n) is 10.5. The molecule has 0 saturated heterocycles. The van der Waals surface area contributed by atoms with Crippen molar-refractivity contribution in [2.75, 3.05) is 18.1 Å². The maximum Gasteiger partial charge on any atom is 0.330 e. The number of nitrogen functional groups attached to an aromatic ring is 2. The van der Waals surface area contributed by atoms with Gasteiger partial charge in [0, 0.05) is 30.5 Å².